The molecule has 1 saturated carbocycles. The molecular weight excluding hydrogens is 206 g/mol. The Kier molecular flexibility index (Phi) is 5.50. The van der Waals surface area contributed by atoms with E-state index in [2.05, 4.69) is 39.9 Å². The first-order chi connectivity index (χ1) is 7.79. The van der Waals surface area contributed by atoms with Crippen molar-refractivity contribution in [2.24, 2.45) is 11.3 Å². The van der Waals surface area contributed by atoms with E-state index in [4.69, 9.17) is 0 Å². The molecule has 1 fully saturated rings. The van der Waals surface area contributed by atoms with Gasteiger partial charge in [0.15, 0.2) is 0 Å². The van der Waals surface area contributed by atoms with Crippen LogP contribution in [0.5, 0.6) is 0 Å². The van der Waals surface area contributed by atoms with Gasteiger partial charge in [0.1, 0.15) is 0 Å². The maximum Gasteiger partial charge on any atom is 0.0130 e. The minimum atomic E-state index is 0.282. The Morgan fingerprint density at radius 2 is 1.41 bits per heavy atom. The zero-order valence-electron chi connectivity index (χ0n) is 12.7. The van der Waals surface area contributed by atoms with Gasteiger partial charge in [-0.2, -0.15) is 0 Å². The Labute approximate surface area is 109 Å². The highest BCUT2D eigenvalue weighted by molar-refractivity contribution is 4.84. The van der Waals surface area contributed by atoms with Gasteiger partial charge in [-0.05, 0) is 51.0 Å². The Hall–Kier alpha value is -0.0400. The molecule has 0 amide bonds. The van der Waals surface area contributed by atoms with Crippen LogP contribution in [0.3, 0.4) is 0 Å². The van der Waals surface area contributed by atoms with Gasteiger partial charge >= 0.3 is 0 Å². The lowest BCUT2D eigenvalue weighted by Gasteiger charge is -2.34. The summed E-state index contributed by atoms with van der Waals surface area (Å²) >= 11 is 0. The molecule has 1 heteroatoms. The van der Waals surface area contributed by atoms with Gasteiger partial charge in [-0.25, -0.2) is 0 Å². The van der Waals surface area contributed by atoms with Crippen LogP contribution >= 0.6 is 0 Å². The smallest absolute Gasteiger partial charge is 0.0130 e. The molecule has 1 nitrogen and oxygen atoms in total. The van der Waals surface area contributed by atoms with E-state index in [0.29, 0.717) is 5.41 Å². The van der Waals surface area contributed by atoms with Crippen molar-refractivity contribution in [3.63, 3.8) is 0 Å². The largest absolute Gasteiger partial charge is 0.311 e. The topological polar surface area (TPSA) is 12.0 Å². The van der Waals surface area contributed by atoms with Crippen molar-refractivity contribution < 1.29 is 0 Å². The van der Waals surface area contributed by atoms with Crippen molar-refractivity contribution in [1.82, 2.24) is 5.32 Å². The van der Waals surface area contributed by atoms with Gasteiger partial charge in [-0.1, -0.05) is 46.5 Å². The summed E-state index contributed by atoms with van der Waals surface area (Å²) in [6.07, 6.45) is 9.95. The fourth-order valence-electron chi connectivity index (χ4n) is 3.38. The maximum atomic E-state index is 3.81. The summed E-state index contributed by atoms with van der Waals surface area (Å²) in [4.78, 5) is 0. The molecule has 0 aromatic rings. The summed E-state index contributed by atoms with van der Waals surface area (Å²) in [5, 5.41) is 3.81. The van der Waals surface area contributed by atoms with Crippen molar-refractivity contribution in [2.45, 2.75) is 85.1 Å². The van der Waals surface area contributed by atoms with Crippen LogP contribution in [-0.4, -0.2) is 12.1 Å². The van der Waals surface area contributed by atoms with E-state index >= 15 is 0 Å². The minimum Gasteiger partial charge on any atom is -0.311 e. The number of nitrogens with one attached hydrogen (secondary N) is 1. The van der Waals surface area contributed by atoms with Crippen LogP contribution in [0.15, 0.2) is 0 Å². The lowest BCUT2D eigenvalue weighted by atomic mass is 9.81. The molecular formula is C16H33N. The van der Waals surface area contributed by atoms with Crippen LogP contribution in [-0.2, 0) is 0 Å². The SMILES string of the molecule is CC(C)(C)CC(C)(C)NCC1CCCCCC1. The van der Waals surface area contributed by atoms with E-state index in [1.807, 2.05) is 0 Å². The molecule has 0 heterocycles. The molecule has 1 aliphatic carbocycles. The zero-order valence-corrected chi connectivity index (χ0v) is 12.7. The molecule has 0 spiro atoms. The van der Waals surface area contributed by atoms with E-state index < -0.39 is 0 Å². The lowest BCUT2D eigenvalue weighted by molar-refractivity contribution is 0.228. The Balaban J connectivity index is 2.32. The van der Waals surface area contributed by atoms with Crippen molar-refractivity contribution in [2.75, 3.05) is 6.54 Å². The monoisotopic (exact) mass is 239 g/mol. The molecule has 0 atom stereocenters. The average Bonchev–Trinajstić information content (AvgIpc) is 2.38. The molecule has 0 aliphatic heterocycles. The molecule has 0 aromatic heterocycles. The zero-order chi connectivity index (χ0) is 12.9. The van der Waals surface area contributed by atoms with E-state index in [-0.39, 0.29) is 5.54 Å². The van der Waals surface area contributed by atoms with Crippen LogP contribution in [0.4, 0.5) is 0 Å². The normalized spacial score (nSPS) is 20.3. The maximum absolute atomic E-state index is 3.81. The van der Waals surface area contributed by atoms with Crippen LogP contribution in [0, 0.1) is 11.3 Å². The molecule has 102 valence electrons. The summed E-state index contributed by atoms with van der Waals surface area (Å²) in [6.45, 7) is 12.9. The van der Waals surface area contributed by atoms with Crippen molar-refractivity contribution in [3.05, 3.63) is 0 Å². The first-order valence-electron chi connectivity index (χ1n) is 7.54. The van der Waals surface area contributed by atoms with Crippen LogP contribution in [0.2, 0.25) is 0 Å². The summed E-state index contributed by atoms with van der Waals surface area (Å²) in [5.41, 5.74) is 0.699. The van der Waals surface area contributed by atoms with Crippen LogP contribution in [0.25, 0.3) is 0 Å². The van der Waals surface area contributed by atoms with Crippen molar-refractivity contribution in [1.29, 1.82) is 0 Å². The Bertz CT molecular complexity index is 204. The molecule has 0 radical (unpaired) electrons. The average molecular weight is 239 g/mol. The van der Waals surface area contributed by atoms with Crippen LogP contribution < -0.4 is 5.32 Å². The fraction of sp³-hybridized carbons (Fsp3) is 1.00. The highest BCUT2D eigenvalue weighted by Gasteiger charge is 2.25. The first kappa shape index (κ1) is 15.0. The number of hydrogen-bond acceptors (Lipinski definition) is 1. The Morgan fingerprint density at radius 3 is 1.88 bits per heavy atom. The summed E-state index contributed by atoms with van der Waals surface area (Å²) in [7, 11) is 0. The van der Waals surface area contributed by atoms with Gasteiger partial charge in [-0.15, -0.1) is 0 Å². The third kappa shape index (κ3) is 7.08. The Morgan fingerprint density at radius 1 is 0.882 bits per heavy atom. The molecule has 0 saturated heterocycles. The standard InChI is InChI=1S/C16H33N/c1-15(2,3)13-16(4,5)17-12-14-10-8-6-7-9-11-14/h14,17H,6-13H2,1-5H3. The van der Waals surface area contributed by atoms with E-state index in [0.717, 1.165) is 5.92 Å². The molecule has 1 rings (SSSR count). The van der Waals surface area contributed by atoms with E-state index in [1.165, 1.54) is 51.5 Å². The number of hydrogen-bond donors (Lipinski definition) is 1. The summed E-state index contributed by atoms with van der Waals surface area (Å²) in [5.74, 6) is 0.928. The summed E-state index contributed by atoms with van der Waals surface area (Å²) < 4.78 is 0. The molecule has 1 aliphatic rings. The van der Waals surface area contributed by atoms with Gasteiger partial charge in [0, 0.05) is 5.54 Å². The predicted octanol–water partition coefficient (Wildman–Crippen LogP) is 4.76. The second kappa shape index (κ2) is 6.22. The molecule has 0 unspecified atom stereocenters. The van der Waals surface area contributed by atoms with Crippen molar-refractivity contribution >= 4 is 0 Å². The second-order valence-electron chi connectivity index (χ2n) is 7.86. The molecule has 1 N–H and O–H groups in total. The minimum absolute atomic E-state index is 0.282. The third-order valence-electron chi connectivity index (χ3n) is 3.82. The molecule has 0 aromatic carbocycles. The van der Waals surface area contributed by atoms with Gasteiger partial charge in [0.05, 0.1) is 0 Å². The molecule has 17 heavy (non-hydrogen) atoms. The second-order valence-corrected chi connectivity index (χ2v) is 7.86. The quantitative estimate of drug-likeness (QED) is 0.697. The molecule has 0 bridgehead atoms. The highest BCUT2D eigenvalue weighted by Crippen LogP contribution is 2.28. The van der Waals surface area contributed by atoms with Gasteiger partial charge in [0.2, 0.25) is 0 Å². The fourth-order valence-corrected chi connectivity index (χ4v) is 3.38. The summed E-state index contributed by atoms with van der Waals surface area (Å²) in [6, 6.07) is 0. The van der Waals surface area contributed by atoms with Gasteiger partial charge in [0.25, 0.3) is 0 Å². The lowest BCUT2D eigenvalue weighted by Crippen LogP contribution is -2.44. The van der Waals surface area contributed by atoms with E-state index in [9.17, 15) is 0 Å². The van der Waals surface area contributed by atoms with E-state index in [1.54, 1.807) is 0 Å². The van der Waals surface area contributed by atoms with Gasteiger partial charge < -0.3 is 5.32 Å². The highest BCUT2D eigenvalue weighted by atomic mass is 15.0. The predicted molar refractivity (Wildman–Crippen MR) is 77.3 cm³/mol. The number of rotatable bonds is 4. The van der Waals surface area contributed by atoms with Crippen LogP contribution in [0.1, 0.15) is 79.6 Å². The van der Waals surface area contributed by atoms with Crippen molar-refractivity contribution in [3.8, 4) is 0 Å². The third-order valence-corrected chi connectivity index (χ3v) is 3.82. The first-order valence-corrected chi connectivity index (χ1v) is 7.54. The van der Waals surface area contributed by atoms with Gasteiger partial charge in [-0.3, -0.25) is 0 Å².